The number of rotatable bonds is 5. The highest BCUT2D eigenvalue weighted by Crippen LogP contribution is 2.41. The molecule has 0 fully saturated rings. The second-order valence-electron chi connectivity index (χ2n) is 8.97. The van der Waals surface area contributed by atoms with Crippen molar-refractivity contribution in [1.82, 2.24) is 9.97 Å². The van der Waals surface area contributed by atoms with Gasteiger partial charge in [0.05, 0.1) is 22.0 Å². The van der Waals surface area contributed by atoms with Crippen molar-refractivity contribution in [3.63, 3.8) is 0 Å². The van der Waals surface area contributed by atoms with Gasteiger partial charge in [0.25, 0.3) is 0 Å². The number of nitrogens with zero attached hydrogens (tertiary/aromatic N) is 2. The van der Waals surface area contributed by atoms with Gasteiger partial charge in [0.15, 0.2) is 0 Å². The molecule has 0 aliphatic carbocycles. The van der Waals surface area contributed by atoms with Gasteiger partial charge in [0.2, 0.25) is 5.91 Å². The van der Waals surface area contributed by atoms with E-state index in [-0.39, 0.29) is 11.3 Å². The van der Waals surface area contributed by atoms with Crippen molar-refractivity contribution in [1.29, 1.82) is 0 Å². The first kappa shape index (κ1) is 21.9. The minimum atomic E-state index is -0.0510. The normalized spacial score (nSPS) is 11.4. The molecule has 0 radical (unpaired) electrons. The van der Waals surface area contributed by atoms with Crippen LogP contribution in [-0.4, -0.2) is 15.9 Å². The van der Waals surface area contributed by atoms with Gasteiger partial charge in [-0.05, 0) is 42.3 Å². The van der Waals surface area contributed by atoms with Crippen LogP contribution in [-0.2, 0) is 16.6 Å². The highest BCUT2D eigenvalue weighted by atomic mass is 32.1. The van der Waals surface area contributed by atoms with E-state index in [1.54, 1.807) is 23.7 Å². The SMILES string of the molecule is Cc1ccc(CC(=O)Nc2cccc(-c3sc(C(C)(C)C)nc3-c3ccncc3)c2)cc1. The van der Waals surface area contributed by atoms with Crippen LogP contribution in [0.15, 0.2) is 73.1 Å². The molecule has 0 spiro atoms. The van der Waals surface area contributed by atoms with Crippen LogP contribution in [0.3, 0.4) is 0 Å². The van der Waals surface area contributed by atoms with Gasteiger partial charge >= 0.3 is 0 Å². The highest BCUT2D eigenvalue weighted by molar-refractivity contribution is 7.15. The molecule has 2 aromatic carbocycles. The molecule has 1 N–H and O–H groups in total. The molecule has 162 valence electrons. The lowest BCUT2D eigenvalue weighted by atomic mass is 9.98. The van der Waals surface area contributed by atoms with Crippen molar-refractivity contribution in [2.45, 2.75) is 39.5 Å². The van der Waals surface area contributed by atoms with Gasteiger partial charge in [0.1, 0.15) is 0 Å². The number of benzene rings is 2. The third kappa shape index (κ3) is 5.11. The average molecular weight is 442 g/mol. The quantitative estimate of drug-likeness (QED) is 0.377. The Hall–Kier alpha value is -3.31. The lowest BCUT2D eigenvalue weighted by Crippen LogP contribution is -2.14. The largest absolute Gasteiger partial charge is 0.326 e. The van der Waals surface area contributed by atoms with Crippen molar-refractivity contribution in [2.75, 3.05) is 5.32 Å². The third-order valence-electron chi connectivity index (χ3n) is 5.12. The van der Waals surface area contributed by atoms with Gasteiger partial charge in [-0.25, -0.2) is 4.98 Å². The smallest absolute Gasteiger partial charge is 0.228 e. The Balaban J connectivity index is 1.63. The Morgan fingerprint density at radius 2 is 1.69 bits per heavy atom. The van der Waals surface area contributed by atoms with E-state index >= 15 is 0 Å². The molecule has 0 atom stereocenters. The standard InChI is InChI=1S/C27H27N3OS/c1-18-8-10-19(11-9-18)16-23(31)29-22-7-5-6-21(17-22)25-24(20-12-14-28-15-13-20)30-26(32-25)27(2,3)4/h5-15,17H,16H2,1-4H3,(H,29,31). The zero-order valence-corrected chi connectivity index (χ0v) is 19.7. The van der Waals surface area contributed by atoms with Gasteiger partial charge in [-0.2, -0.15) is 0 Å². The predicted octanol–water partition coefficient (Wildman–Crippen LogP) is 6.66. The summed E-state index contributed by atoms with van der Waals surface area (Å²) in [6.07, 6.45) is 3.93. The maximum absolute atomic E-state index is 12.6. The number of aromatic nitrogens is 2. The van der Waals surface area contributed by atoms with Crippen molar-refractivity contribution in [2.24, 2.45) is 0 Å². The number of carbonyl (C=O) groups is 1. The fourth-order valence-electron chi connectivity index (χ4n) is 3.38. The first-order valence-electron chi connectivity index (χ1n) is 10.7. The van der Waals surface area contributed by atoms with Gasteiger partial charge < -0.3 is 5.32 Å². The summed E-state index contributed by atoms with van der Waals surface area (Å²) in [5.41, 5.74) is 5.95. The molecule has 0 aliphatic heterocycles. The van der Waals surface area contributed by atoms with E-state index in [1.165, 1.54) is 5.56 Å². The van der Waals surface area contributed by atoms with Crippen molar-refractivity contribution >= 4 is 22.9 Å². The average Bonchev–Trinajstić information content (AvgIpc) is 3.22. The number of amides is 1. The number of hydrogen-bond donors (Lipinski definition) is 1. The summed E-state index contributed by atoms with van der Waals surface area (Å²) in [5.74, 6) is -0.0277. The number of carbonyl (C=O) groups excluding carboxylic acids is 1. The molecule has 5 heteroatoms. The first-order chi connectivity index (χ1) is 15.3. The molecule has 4 rings (SSSR count). The van der Waals surface area contributed by atoms with Crippen molar-refractivity contribution in [3.8, 4) is 21.7 Å². The van der Waals surface area contributed by atoms with Crippen LogP contribution in [0, 0.1) is 6.92 Å². The summed E-state index contributed by atoms with van der Waals surface area (Å²) in [7, 11) is 0. The molecule has 32 heavy (non-hydrogen) atoms. The second-order valence-corrected chi connectivity index (χ2v) is 9.97. The number of pyridine rings is 1. The summed E-state index contributed by atoms with van der Waals surface area (Å²) in [4.78, 5) is 22.8. The van der Waals surface area contributed by atoms with E-state index in [0.29, 0.717) is 6.42 Å². The summed E-state index contributed by atoms with van der Waals surface area (Å²) < 4.78 is 0. The summed E-state index contributed by atoms with van der Waals surface area (Å²) in [5, 5.41) is 4.12. The van der Waals surface area contributed by atoms with E-state index < -0.39 is 0 Å². The fraction of sp³-hybridized carbons (Fsp3) is 0.222. The van der Waals surface area contributed by atoms with Crippen molar-refractivity contribution < 1.29 is 4.79 Å². The van der Waals surface area contributed by atoms with Gasteiger partial charge in [-0.1, -0.05) is 62.7 Å². The van der Waals surface area contributed by atoms with E-state index in [2.05, 4.69) is 37.1 Å². The van der Waals surface area contributed by atoms with Crippen LogP contribution in [0.1, 0.15) is 36.9 Å². The van der Waals surface area contributed by atoms with E-state index in [0.717, 1.165) is 38.0 Å². The molecular formula is C27H27N3OS. The second kappa shape index (κ2) is 9.05. The van der Waals surface area contributed by atoms with Crippen LogP contribution in [0.5, 0.6) is 0 Å². The number of anilines is 1. The molecule has 0 unspecified atom stereocenters. The Morgan fingerprint density at radius 3 is 2.38 bits per heavy atom. The molecule has 0 saturated carbocycles. The summed E-state index contributed by atoms with van der Waals surface area (Å²) in [6, 6.07) is 20.0. The maximum Gasteiger partial charge on any atom is 0.228 e. The zero-order valence-electron chi connectivity index (χ0n) is 18.8. The number of thiazole rings is 1. The molecular weight excluding hydrogens is 414 g/mol. The Labute approximate surface area is 193 Å². The molecule has 2 aromatic heterocycles. The van der Waals surface area contributed by atoms with E-state index in [4.69, 9.17) is 4.98 Å². The Bertz CT molecular complexity index is 1220. The van der Waals surface area contributed by atoms with Crippen LogP contribution in [0.4, 0.5) is 5.69 Å². The lowest BCUT2D eigenvalue weighted by Gasteiger charge is -2.13. The Kier molecular flexibility index (Phi) is 6.19. The van der Waals surface area contributed by atoms with Crippen LogP contribution in [0.25, 0.3) is 21.7 Å². The maximum atomic E-state index is 12.6. The number of aryl methyl sites for hydroxylation is 1. The summed E-state index contributed by atoms with van der Waals surface area (Å²) in [6.45, 7) is 8.56. The third-order valence-corrected chi connectivity index (χ3v) is 6.65. The lowest BCUT2D eigenvalue weighted by molar-refractivity contribution is -0.115. The zero-order chi connectivity index (χ0) is 22.7. The predicted molar refractivity (Wildman–Crippen MR) is 133 cm³/mol. The van der Waals surface area contributed by atoms with Crippen molar-refractivity contribution in [3.05, 3.63) is 89.2 Å². The molecule has 2 heterocycles. The van der Waals surface area contributed by atoms with Crippen LogP contribution >= 0.6 is 11.3 Å². The number of hydrogen-bond acceptors (Lipinski definition) is 4. The first-order valence-corrected chi connectivity index (χ1v) is 11.5. The molecule has 4 nitrogen and oxygen atoms in total. The highest BCUT2D eigenvalue weighted by Gasteiger charge is 2.23. The van der Waals surface area contributed by atoms with Gasteiger partial charge in [0, 0.05) is 29.1 Å². The minimum absolute atomic E-state index is 0.0277. The topological polar surface area (TPSA) is 54.9 Å². The molecule has 0 saturated heterocycles. The number of nitrogens with one attached hydrogen (secondary N) is 1. The van der Waals surface area contributed by atoms with Gasteiger partial charge in [-0.3, -0.25) is 9.78 Å². The molecule has 0 aliphatic rings. The van der Waals surface area contributed by atoms with E-state index in [1.807, 2.05) is 61.5 Å². The molecule has 1 amide bonds. The molecule has 4 aromatic rings. The molecule has 0 bridgehead atoms. The van der Waals surface area contributed by atoms with E-state index in [9.17, 15) is 4.79 Å². The minimum Gasteiger partial charge on any atom is -0.326 e. The monoisotopic (exact) mass is 441 g/mol. The van der Waals surface area contributed by atoms with Crippen LogP contribution in [0.2, 0.25) is 0 Å². The Morgan fingerprint density at radius 1 is 0.969 bits per heavy atom. The van der Waals surface area contributed by atoms with Gasteiger partial charge in [-0.15, -0.1) is 11.3 Å². The van der Waals surface area contributed by atoms with Crippen LogP contribution < -0.4 is 5.32 Å². The fourth-order valence-corrected chi connectivity index (χ4v) is 4.52. The summed E-state index contributed by atoms with van der Waals surface area (Å²) >= 11 is 1.70.